The number of aromatic nitrogens is 2. The Hall–Kier alpha value is -1.27. The number of nitrogens with two attached hydrogens (primary N) is 1. The predicted molar refractivity (Wildman–Crippen MR) is 91.3 cm³/mol. The first kappa shape index (κ1) is 18.8. The van der Waals surface area contributed by atoms with Gasteiger partial charge < -0.3 is 16.0 Å². The van der Waals surface area contributed by atoms with Crippen LogP contribution in [0.4, 0.5) is 5.69 Å². The molecule has 126 valence electrons. The van der Waals surface area contributed by atoms with Gasteiger partial charge in [-0.05, 0) is 18.8 Å². The molecule has 0 radical (unpaired) electrons. The van der Waals surface area contributed by atoms with Crippen LogP contribution in [0.3, 0.4) is 0 Å². The molecule has 3 atom stereocenters. The summed E-state index contributed by atoms with van der Waals surface area (Å²) in [5.41, 5.74) is 7.11. The van der Waals surface area contributed by atoms with Crippen molar-refractivity contribution in [3.05, 3.63) is 12.4 Å². The lowest BCUT2D eigenvalue weighted by Gasteiger charge is -2.34. The maximum atomic E-state index is 12.2. The van der Waals surface area contributed by atoms with E-state index >= 15 is 0 Å². The van der Waals surface area contributed by atoms with Crippen molar-refractivity contribution in [3.63, 3.8) is 0 Å². The fourth-order valence-corrected chi connectivity index (χ4v) is 2.71. The van der Waals surface area contributed by atoms with Crippen molar-refractivity contribution >= 4 is 24.0 Å². The summed E-state index contributed by atoms with van der Waals surface area (Å²) in [6, 6.07) is -0.245. The molecular weight excluding hydrogens is 302 g/mol. The Balaban J connectivity index is 0.00000242. The maximum absolute atomic E-state index is 12.2. The molecule has 1 aliphatic rings. The quantitative estimate of drug-likeness (QED) is 0.853. The highest BCUT2D eigenvalue weighted by Gasteiger charge is 2.26. The molecule has 1 aromatic heterocycles. The molecule has 6 nitrogen and oxygen atoms in total. The van der Waals surface area contributed by atoms with E-state index in [9.17, 15) is 4.79 Å². The zero-order valence-electron chi connectivity index (χ0n) is 13.7. The van der Waals surface area contributed by atoms with Crippen molar-refractivity contribution in [3.8, 4) is 0 Å². The van der Waals surface area contributed by atoms with E-state index in [-0.39, 0.29) is 30.3 Å². The van der Waals surface area contributed by atoms with Gasteiger partial charge >= 0.3 is 0 Å². The van der Waals surface area contributed by atoms with Crippen LogP contribution >= 0.6 is 12.4 Å². The number of piperidine rings is 1. The minimum Gasteiger partial charge on any atom is -0.367 e. The molecule has 0 spiro atoms. The van der Waals surface area contributed by atoms with Crippen LogP contribution < -0.4 is 16.0 Å². The standard InChI is InChI=1S/C15H27N5O.ClH/c1-4-11(2)14(16)15(21)18-12-6-5-7-20(9-12)13-8-17-19(3)10-13;/h8,10-12,14H,4-7,9,16H2,1-3H3,(H,18,21);1H. The number of rotatable bonds is 5. The van der Waals surface area contributed by atoms with Crippen LogP contribution in [0, 0.1) is 5.92 Å². The zero-order chi connectivity index (χ0) is 15.4. The number of halogens is 1. The second kappa shape index (κ2) is 8.39. The average Bonchev–Trinajstić information content (AvgIpc) is 2.92. The average molecular weight is 330 g/mol. The zero-order valence-corrected chi connectivity index (χ0v) is 14.5. The molecule has 1 aromatic rings. The van der Waals surface area contributed by atoms with Gasteiger partial charge in [-0.25, -0.2) is 0 Å². The minimum atomic E-state index is -0.413. The molecule has 2 rings (SSSR count). The second-order valence-corrected chi connectivity index (χ2v) is 6.08. The van der Waals surface area contributed by atoms with Crippen molar-refractivity contribution < 1.29 is 4.79 Å². The number of hydrogen-bond donors (Lipinski definition) is 2. The van der Waals surface area contributed by atoms with Crippen LogP contribution in [-0.2, 0) is 11.8 Å². The molecule has 0 aromatic carbocycles. The fourth-order valence-electron chi connectivity index (χ4n) is 2.71. The highest BCUT2D eigenvalue weighted by molar-refractivity contribution is 5.85. The van der Waals surface area contributed by atoms with Crippen molar-refractivity contribution in [1.29, 1.82) is 0 Å². The summed E-state index contributed by atoms with van der Waals surface area (Å²) < 4.78 is 1.80. The number of carbonyl (C=O) groups excluding carboxylic acids is 1. The molecule has 0 bridgehead atoms. The topological polar surface area (TPSA) is 76.2 Å². The fraction of sp³-hybridized carbons (Fsp3) is 0.733. The third kappa shape index (κ3) is 4.61. The first-order chi connectivity index (χ1) is 10.0. The van der Waals surface area contributed by atoms with Gasteiger partial charge in [0.25, 0.3) is 0 Å². The third-order valence-electron chi connectivity index (χ3n) is 4.38. The molecule has 22 heavy (non-hydrogen) atoms. The summed E-state index contributed by atoms with van der Waals surface area (Å²) in [5, 5.41) is 7.32. The summed E-state index contributed by atoms with van der Waals surface area (Å²) in [6.45, 7) is 5.91. The predicted octanol–water partition coefficient (Wildman–Crippen LogP) is 1.30. The Bertz CT molecular complexity index is 478. The van der Waals surface area contributed by atoms with Crippen molar-refractivity contribution in [2.75, 3.05) is 18.0 Å². The molecule has 1 fully saturated rings. The van der Waals surface area contributed by atoms with Gasteiger partial charge in [0.15, 0.2) is 0 Å². The molecule has 2 heterocycles. The number of nitrogens with zero attached hydrogens (tertiary/aromatic N) is 3. The lowest BCUT2D eigenvalue weighted by molar-refractivity contribution is -0.124. The highest BCUT2D eigenvalue weighted by atomic mass is 35.5. The lowest BCUT2D eigenvalue weighted by Crippen LogP contribution is -2.53. The SMILES string of the molecule is CCC(C)C(N)C(=O)NC1CCCN(c2cnn(C)c2)C1.Cl. The van der Waals surface area contributed by atoms with Crippen LogP contribution in [0.1, 0.15) is 33.1 Å². The van der Waals surface area contributed by atoms with Gasteiger partial charge in [0.2, 0.25) is 5.91 Å². The van der Waals surface area contributed by atoms with E-state index in [1.807, 2.05) is 26.4 Å². The van der Waals surface area contributed by atoms with E-state index in [4.69, 9.17) is 5.73 Å². The number of hydrogen-bond acceptors (Lipinski definition) is 4. The molecule has 7 heteroatoms. The van der Waals surface area contributed by atoms with E-state index in [2.05, 4.69) is 22.2 Å². The smallest absolute Gasteiger partial charge is 0.237 e. The Labute approximate surface area is 138 Å². The van der Waals surface area contributed by atoms with Crippen molar-refractivity contribution in [2.24, 2.45) is 18.7 Å². The Morgan fingerprint density at radius 3 is 2.91 bits per heavy atom. The molecule has 0 saturated carbocycles. The molecule has 3 N–H and O–H groups in total. The van der Waals surface area contributed by atoms with Gasteiger partial charge in [-0.3, -0.25) is 9.48 Å². The van der Waals surface area contributed by atoms with Gasteiger partial charge in [0.1, 0.15) is 0 Å². The molecule has 3 unspecified atom stereocenters. The van der Waals surface area contributed by atoms with E-state index in [1.54, 1.807) is 4.68 Å². The van der Waals surface area contributed by atoms with E-state index in [0.29, 0.717) is 0 Å². The first-order valence-electron chi connectivity index (χ1n) is 7.80. The highest BCUT2D eigenvalue weighted by Crippen LogP contribution is 2.19. The maximum Gasteiger partial charge on any atom is 0.237 e. The van der Waals surface area contributed by atoms with Gasteiger partial charge in [-0.2, -0.15) is 5.10 Å². The van der Waals surface area contributed by atoms with Crippen molar-refractivity contribution in [1.82, 2.24) is 15.1 Å². The Kier molecular flexibility index (Phi) is 7.16. The van der Waals surface area contributed by atoms with Gasteiger partial charge in [-0.15, -0.1) is 12.4 Å². The van der Waals surface area contributed by atoms with E-state index < -0.39 is 6.04 Å². The van der Waals surface area contributed by atoms with E-state index in [1.165, 1.54) is 0 Å². The Morgan fingerprint density at radius 2 is 2.32 bits per heavy atom. The molecular formula is C15H28ClN5O. The summed E-state index contributed by atoms with van der Waals surface area (Å²) >= 11 is 0. The third-order valence-corrected chi connectivity index (χ3v) is 4.38. The largest absolute Gasteiger partial charge is 0.367 e. The summed E-state index contributed by atoms with van der Waals surface area (Å²) in [7, 11) is 1.91. The van der Waals surface area contributed by atoms with Crippen molar-refractivity contribution in [2.45, 2.75) is 45.2 Å². The number of amides is 1. The molecule has 1 saturated heterocycles. The summed E-state index contributed by atoms with van der Waals surface area (Å²) in [5.74, 6) is 0.186. The van der Waals surface area contributed by atoms with Crippen LogP contribution in [0.5, 0.6) is 0 Å². The van der Waals surface area contributed by atoms with Crippen LogP contribution in [0.15, 0.2) is 12.4 Å². The van der Waals surface area contributed by atoms with Gasteiger partial charge in [0, 0.05) is 32.4 Å². The molecule has 1 aliphatic heterocycles. The summed E-state index contributed by atoms with van der Waals surface area (Å²) in [4.78, 5) is 14.5. The van der Waals surface area contributed by atoms with E-state index in [0.717, 1.165) is 38.0 Å². The van der Waals surface area contributed by atoms with Gasteiger partial charge in [-0.1, -0.05) is 20.3 Å². The molecule has 0 aliphatic carbocycles. The monoisotopic (exact) mass is 329 g/mol. The minimum absolute atomic E-state index is 0. The van der Waals surface area contributed by atoms with Crippen LogP contribution in [0.25, 0.3) is 0 Å². The normalized spacial score (nSPS) is 20.9. The number of anilines is 1. The molecule has 1 amide bonds. The summed E-state index contributed by atoms with van der Waals surface area (Å²) in [6.07, 6.45) is 6.87. The number of carbonyl (C=O) groups is 1. The van der Waals surface area contributed by atoms with Gasteiger partial charge in [0.05, 0.1) is 17.9 Å². The number of aryl methyl sites for hydroxylation is 1. The van der Waals surface area contributed by atoms with Crippen LogP contribution in [0.2, 0.25) is 0 Å². The van der Waals surface area contributed by atoms with Crippen LogP contribution in [-0.4, -0.2) is 40.9 Å². The lowest BCUT2D eigenvalue weighted by atomic mass is 9.98. The first-order valence-corrected chi connectivity index (χ1v) is 7.80. The number of nitrogens with one attached hydrogen (secondary N) is 1. The second-order valence-electron chi connectivity index (χ2n) is 6.08. The Morgan fingerprint density at radius 1 is 1.59 bits per heavy atom.